The minimum absolute atomic E-state index is 0.0401. The summed E-state index contributed by atoms with van der Waals surface area (Å²) in [7, 11) is 1.45. The second kappa shape index (κ2) is 37.5. The highest BCUT2D eigenvalue weighted by Gasteiger charge is 2.52. The molecule has 0 aliphatic carbocycles. The van der Waals surface area contributed by atoms with E-state index in [-0.39, 0.29) is 47.7 Å². The standard InChI is InChI=1S/C80H85Cl2F3N12O26/c1-31(2)16-46(87-5)71(109)95-61-63(103)36-9-14-50(44(81)19-36)118-52-21-38-22-53(67(52)122-78-68(66(106)65(105)54(30-98)120-78)121-56-26-79(4,69(107)32(3)117-56)89-28-33-17-39(29-88-27-33)90-70(108)34-6-11-41(12-7-34)123-80(83,84)85)119-51-15-10-37(20-45(51)82)64(104)62-76(114)94-60(77(115)97-116)43-23-40(99)24-49(101)57(43)42-18-35(8-13-48(42)100)58(73(111)96-62)93-74(112)59(38)92-72(110)47(25-55(86)102)91-75(61)113/h6-15,17-24,27,29,31-32,46-47,54,56,58-66,68-69,78,87,89,98-101,103-107,116H,16,25-26,28,30H2,1-5H3,(H2,86,102)(H,90,108)(H,91,113)(H,92,110)(H,93,112)(H,94,114)(H,95,109)(H,96,111)(H,97,115)/t32?,46?,47?,54?,56?,58?,59?,60-,61?,62?,63?,64?,65?,66?,68?,69?,78?,79-/m1/s1. The summed E-state index contributed by atoms with van der Waals surface area (Å²) >= 11 is 14.3. The molecule has 7 aliphatic rings. The number of pyridine rings is 1. The number of aromatic nitrogens is 1. The number of amides is 9. The number of carbonyl (C=O) groups excluding carboxylic acids is 9. The molecular formula is C80H85Cl2F3N12O26. The Labute approximate surface area is 705 Å². The van der Waals surface area contributed by atoms with E-state index < -0.39 is 271 Å². The van der Waals surface area contributed by atoms with Crippen LogP contribution in [0.2, 0.25) is 10.0 Å². The van der Waals surface area contributed by atoms with Crippen LogP contribution in [0.4, 0.5) is 18.9 Å². The van der Waals surface area contributed by atoms with Crippen LogP contribution in [0.5, 0.6) is 51.7 Å². The lowest BCUT2D eigenvalue weighted by molar-refractivity contribution is -0.334. The number of aliphatic hydroxyl groups is 6. The van der Waals surface area contributed by atoms with Gasteiger partial charge in [0, 0.05) is 47.5 Å². The van der Waals surface area contributed by atoms with Gasteiger partial charge in [-0.25, -0.2) is 5.48 Å². The lowest BCUT2D eigenvalue weighted by atomic mass is 9.84. The number of likely N-dealkylation sites (N-methyl/N-ethyl adjacent to an activating group) is 1. The summed E-state index contributed by atoms with van der Waals surface area (Å²) in [6, 6.07) is 4.43. The zero-order chi connectivity index (χ0) is 89.1. The van der Waals surface area contributed by atoms with Crippen molar-refractivity contribution in [2.24, 2.45) is 11.7 Å². The molecule has 38 nitrogen and oxygen atoms in total. The van der Waals surface area contributed by atoms with Crippen LogP contribution < -0.4 is 78.0 Å². The normalized spacial score (nSPS) is 26.3. The Bertz CT molecular complexity index is 5220. The molecule has 2 saturated heterocycles. The van der Waals surface area contributed by atoms with E-state index in [1.807, 2.05) is 0 Å². The van der Waals surface area contributed by atoms with Gasteiger partial charge in [0.1, 0.15) is 101 Å². The average molecular weight is 1760 g/mol. The molecule has 22 N–H and O–H groups in total. The summed E-state index contributed by atoms with van der Waals surface area (Å²) in [5, 5.41) is 139. The number of nitrogens with one attached hydrogen (secondary N) is 10. The summed E-state index contributed by atoms with van der Waals surface area (Å²) in [5.41, 5.74) is 3.19. The minimum Gasteiger partial charge on any atom is -0.508 e. The Morgan fingerprint density at radius 3 is 1.97 bits per heavy atom. The van der Waals surface area contributed by atoms with Crippen LogP contribution in [0.1, 0.15) is 121 Å². The zero-order valence-electron chi connectivity index (χ0n) is 65.4. The van der Waals surface area contributed by atoms with Crippen molar-refractivity contribution in [1.29, 1.82) is 0 Å². The fourth-order valence-corrected chi connectivity index (χ4v) is 15.1. The van der Waals surface area contributed by atoms with Crippen LogP contribution in [0.15, 0.2) is 122 Å². The Kier molecular flexibility index (Phi) is 27.6. The molecule has 0 saturated carbocycles. The van der Waals surface area contributed by atoms with Gasteiger partial charge in [-0.15, -0.1) is 13.2 Å². The van der Waals surface area contributed by atoms with Crippen molar-refractivity contribution >= 4 is 82.1 Å². The quantitative estimate of drug-likeness (QED) is 0.0409. The van der Waals surface area contributed by atoms with E-state index in [0.29, 0.717) is 5.56 Å². The first-order valence-corrected chi connectivity index (χ1v) is 38.7. The van der Waals surface area contributed by atoms with Gasteiger partial charge in [0.2, 0.25) is 53.4 Å². The van der Waals surface area contributed by atoms with E-state index in [1.165, 1.54) is 44.0 Å². The molecule has 656 valence electrons. The summed E-state index contributed by atoms with van der Waals surface area (Å²) in [4.78, 5) is 136. The maximum absolute atomic E-state index is 16.3. The van der Waals surface area contributed by atoms with Crippen LogP contribution in [0.3, 0.4) is 0 Å². The number of nitrogens with two attached hydrogens (primary N) is 1. The second-order valence-electron chi connectivity index (χ2n) is 30.2. The number of ether oxygens (including phenoxy) is 7. The van der Waals surface area contributed by atoms with Crippen molar-refractivity contribution in [3.8, 4) is 62.9 Å². The number of phenols is 3. The van der Waals surface area contributed by atoms with Gasteiger partial charge in [0.25, 0.3) is 11.8 Å². The van der Waals surface area contributed by atoms with Crippen molar-refractivity contribution in [3.05, 3.63) is 171 Å². The zero-order valence-corrected chi connectivity index (χ0v) is 66.9. The molecule has 18 atom stereocenters. The number of primary amides is 1. The van der Waals surface area contributed by atoms with Gasteiger partial charge in [0.15, 0.2) is 23.9 Å². The number of rotatable bonds is 19. The molecule has 43 heteroatoms. The SMILES string of the molecule is CNC(CC(C)C)C(=O)NC1C(=O)NC(CC(N)=O)C(=O)NC2C(=O)NC3C(=O)NC(C(=O)N[C@@H](C(=O)NO)c4cc(O)cc(O)c4-c4cc3ccc4O)C(O)c3ccc(c(Cl)c3)Oc3cc2cc(c3OC2OC(CO)C(O)C(O)C2OC2C[C@@](C)(NCc3cncc(NC(=O)c4ccc(OC(F)(F)F)cc4)c3)C(O)C(C)O2)Oc2ccc(cc2Cl)C1O. The number of hydrogen-bond acceptors (Lipinski definition) is 29. The molecule has 7 aromatic rings. The van der Waals surface area contributed by atoms with Crippen LogP contribution in [-0.2, 0) is 59.1 Å². The van der Waals surface area contributed by atoms with Crippen LogP contribution in [0, 0.1) is 5.92 Å². The van der Waals surface area contributed by atoms with E-state index in [4.69, 9.17) is 57.4 Å². The molecule has 11 bridgehead atoms. The Hall–Kier alpha value is -11.8. The molecule has 0 spiro atoms. The topological polar surface area (TPSA) is 580 Å². The number of halogens is 5. The highest BCUT2D eigenvalue weighted by Crippen LogP contribution is 2.50. The van der Waals surface area contributed by atoms with Crippen molar-refractivity contribution in [2.45, 2.75) is 169 Å². The first kappa shape index (κ1) is 90.4. The first-order chi connectivity index (χ1) is 58.2. The fraction of sp³-hybridized carbons (Fsp3) is 0.375. The summed E-state index contributed by atoms with van der Waals surface area (Å²) in [6.07, 6.45) is -22.1. The number of anilines is 1. The smallest absolute Gasteiger partial charge is 0.508 e. The van der Waals surface area contributed by atoms with Gasteiger partial charge in [-0.1, -0.05) is 55.2 Å². The molecule has 14 rings (SSSR count). The molecule has 7 aliphatic heterocycles. The lowest BCUT2D eigenvalue weighted by Crippen LogP contribution is -2.65. The third kappa shape index (κ3) is 20.4. The van der Waals surface area contributed by atoms with Crippen LogP contribution in [-0.4, -0.2) is 208 Å². The van der Waals surface area contributed by atoms with E-state index in [0.717, 1.165) is 97.1 Å². The monoisotopic (exact) mass is 1760 g/mol. The van der Waals surface area contributed by atoms with E-state index in [2.05, 4.69) is 57.6 Å². The predicted molar refractivity (Wildman–Crippen MR) is 420 cm³/mol. The summed E-state index contributed by atoms with van der Waals surface area (Å²) < 4.78 is 81.8. The van der Waals surface area contributed by atoms with E-state index in [1.54, 1.807) is 20.8 Å². The number of hydrogen-bond donors (Lipinski definition) is 21. The van der Waals surface area contributed by atoms with Crippen molar-refractivity contribution < 1.29 is 141 Å². The maximum Gasteiger partial charge on any atom is 0.573 e. The summed E-state index contributed by atoms with van der Waals surface area (Å²) in [6.45, 7) is 5.50. The number of nitrogens with zero attached hydrogens (tertiary/aromatic N) is 1. The van der Waals surface area contributed by atoms with Gasteiger partial charge in [-0.05, 0) is 152 Å². The Morgan fingerprint density at radius 1 is 0.715 bits per heavy atom. The number of aliphatic hydroxyl groups excluding tert-OH is 6. The van der Waals surface area contributed by atoms with Gasteiger partial charge in [-0.2, -0.15) is 0 Å². The number of aromatic hydroxyl groups is 3. The third-order valence-corrected chi connectivity index (χ3v) is 21.5. The molecule has 0 radical (unpaired) electrons. The molecule has 16 unspecified atom stereocenters. The molecular weight excluding hydrogens is 1670 g/mol. The van der Waals surface area contributed by atoms with Gasteiger partial charge < -0.3 is 133 Å². The van der Waals surface area contributed by atoms with Gasteiger partial charge in [-0.3, -0.25) is 53.3 Å². The number of carbonyl (C=O) groups is 9. The van der Waals surface area contributed by atoms with E-state index in [9.17, 15) is 88.3 Å². The molecule has 123 heavy (non-hydrogen) atoms. The van der Waals surface area contributed by atoms with Crippen molar-refractivity contribution in [2.75, 3.05) is 19.0 Å². The number of fused-ring (bicyclic) bond motifs is 15. The van der Waals surface area contributed by atoms with Crippen molar-refractivity contribution in [3.63, 3.8) is 0 Å². The molecule has 2 fully saturated rings. The van der Waals surface area contributed by atoms with Crippen LogP contribution >= 0.6 is 23.2 Å². The Balaban J connectivity index is 1.01. The number of alkyl halides is 3. The fourth-order valence-electron chi connectivity index (χ4n) is 14.7. The molecule has 6 aromatic carbocycles. The average Bonchev–Trinajstić information content (AvgIpc) is 0.751. The van der Waals surface area contributed by atoms with E-state index >= 15 is 19.2 Å². The number of benzene rings is 6. The lowest BCUT2D eigenvalue weighted by Gasteiger charge is -2.48. The minimum atomic E-state index is -4.98. The summed E-state index contributed by atoms with van der Waals surface area (Å²) in [5.74, 6) is -17.5. The number of phenolic OH excluding ortho intramolecular Hbond substituents is 3. The third-order valence-electron chi connectivity index (χ3n) is 21.0. The Morgan fingerprint density at radius 2 is 1.35 bits per heavy atom. The molecule has 1 aromatic heterocycles. The molecule has 9 amide bonds. The van der Waals surface area contributed by atoms with Gasteiger partial charge >= 0.3 is 6.36 Å². The first-order valence-electron chi connectivity index (χ1n) is 38.0. The van der Waals surface area contributed by atoms with Crippen molar-refractivity contribution in [1.82, 2.24) is 53.0 Å². The molecule has 8 heterocycles. The highest BCUT2D eigenvalue weighted by atomic mass is 35.5. The predicted octanol–water partition coefficient (Wildman–Crippen LogP) is 2.90. The highest BCUT2D eigenvalue weighted by molar-refractivity contribution is 6.32. The van der Waals surface area contributed by atoms with Crippen LogP contribution in [0.25, 0.3) is 11.1 Å². The van der Waals surface area contributed by atoms with Gasteiger partial charge in [0.05, 0.1) is 53.2 Å². The second-order valence-corrected chi connectivity index (χ2v) is 31.0. The number of hydroxylamine groups is 1. The maximum atomic E-state index is 16.3. The largest absolute Gasteiger partial charge is 0.573 e.